The van der Waals surface area contributed by atoms with Crippen LogP contribution in [-0.2, 0) is 4.79 Å². The van der Waals surface area contributed by atoms with E-state index in [-0.39, 0.29) is 23.8 Å². The van der Waals surface area contributed by atoms with Crippen LogP contribution in [0.15, 0.2) is 36.4 Å². The molecule has 2 aliphatic rings. The van der Waals surface area contributed by atoms with Crippen molar-refractivity contribution in [3.8, 4) is 0 Å². The average molecular weight is 417 g/mol. The fraction of sp³-hybridized carbons (Fsp3) is 0.435. The van der Waals surface area contributed by atoms with Crippen molar-refractivity contribution in [3.05, 3.63) is 63.1 Å². The fourth-order valence-corrected chi connectivity index (χ4v) is 5.03. The van der Waals surface area contributed by atoms with Gasteiger partial charge in [0.15, 0.2) is 0 Å². The summed E-state index contributed by atoms with van der Waals surface area (Å²) in [5.41, 5.74) is 4.63. The van der Waals surface area contributed by atoms with Gasteiger partial charge in [0.25, 0.3) is 0 Å². The lowest BCUT2D eigenvalue weighted by Crippen LogP contribution is -2.25. The molecule has 2 atom stereocenters. The zero-order valence-corrected chi connectivity index (χ0v) is 17.6. The molecule has 2 aromatic carbocycles. The van der Waals surface area contributed by atoms with Crippen molar-refractivity contribution < 1.29 is 4.79 Å². The number of carbonyl (C=O) groups excluding carboxylic acids is 1. The van der Waals surface area contributed by atoms with E-state index in [1.807, 2.05) is 25.2 Å². The first kappa shape index (κ1) is 19.8. The quantitative estimate of drug-likeness (QED) is 0.612. The zero-order chi connectivity index (χ0) is 19.7. The molecule has 0 radical (unpaired) electrons. The van der Waals surface area contributed by atoms with Crippen molar-refractivity contribution >= 4 is 34.8 Å². The predicted molar refractivity (Wildman–Crippen MR) is 116 cm³/mol. The normalized spacial score (nSPS) is 22.1. The Morgan fingerprint density at radius 1 is 0.929 bits per heavy atom. The summed E-state index contributed by atoms with van der Waals surface area (Å²) in [4.78, 5) is 12.5. The molecule has 0 bridgehead atoms. The number of hydrogen-bond donors (Lipinski definition) is 2. The Bertz CT molecular complexity index is 877. The number of benzene rings is 2. The molecular weight excluding hydrogens is 391 g/mol. The minimum absolute atomic E-state index is 0.162. The summed E-state index contributed by atoms with van der Waals surface area (Å²) < 4.78 is 0. The molecule has 0 unspecified atom stereocenters. The number of amides is 1. The van der Waals surface area contributed by atoms with Gasteiger partial charge in [-0.05, 0) is 73.7 Å². The maximum Gasteiger partial charge on any atom is 0.227 e. The molecule has 4 rings (SSSR count). The highest BCUT2D eigenvalue weighted by Crippen LogP contribution is 2.43. The molecule has 0 spiro atoms. The summed E-state index contributed by atoms with van der Waals surface area (Å²) in [6.45, 7) is 0. The third kappa shape index (κ3) is 3.94. The van der Waals surface area contributed by atoms with E-state index in [4.69, 9.17) is 23.2 Å². The van der Waals surface area contributed by atoms with Crippen LogP contribution >= 0.6 is 23.2 Å². The zero-order valence-electron chi connectivity index (χ0n) is 16.1. The third-order valence-electron chi connectivity index (χ3n) is 6.27. The highest BCUT2D eigenvalue weighted by Gasteiger charge is 2.29. The van der Waals surface area contributed by atoms with Crippen molar-refractivity contribution in [3.63, 3.8) is 0 Å². The van der Waals surface area contributed by atoms with E-state index in [1.165, 1.54) is 16.7 Å². The monoisotopic (exact) mass is 416 g/mol. The molecule has 0 aliphatic heterocycles. The van der Waals surface area contributed by atoms with Gasteiger partial charge in [0, 0.05) is 23.6 Å². The first-order valence-corrected chi connectivity index (χ1v) is 10.9. The first-order chi connectivity index (χ1) is 13.6. The topological polar surface area (TPSA) is 41.1 Å². The minimum Gasteiger partial charge on any atom is -0.326 e. The van der Waals surface area contributed by atoms with Crippen LogP contribution in [0.4, 0.5) is 5.69 Å². The molecule has 0 saturated heterocycles. The van der Waals surface area contributed by atoms with Gasteiger partial charge in [-0.3, -0.25) is 4.79 Å². The summed E-state index contributed by atoms with van der Waals surface area (Å²) in [7, 11) is 2.00. The number of rotatable bonds is 4. The Kier molecular flexibility index (Phi) is 5.96. The van der Waals surface area contributed by atoms with Crippen molar-refractivity contribution in [1.82, 2.24) is 5.32 Å². The average Bonchev–Trinajstić information content (AvgIpc) is 3.24. The Morgan fingerprint density at radius 2 is 1.71 bits per heavy atom. The van der Waals surface area contributed by atoms with Gasteiger partial charge in [-0.2, -0.15) is 0 Å². The van der Waals surface area contributed by atoms with E-state index >= 15 is 0 Å². The second kappa shape index (κ2) is 8.44. The second-order valence-electron chi connectivity index (χ2n) is 7.96. The summed E-state index contributed by atoms with van der Waals surface area (Å²) in [5.74, 6) is 0.615. The summed E-state index contributed by atoms with van der Waals surface area (Å²) in [5, 5.41) is 7.75. The van der Waals surface area contributed by atoms with Crippen molar-refractivity contribution in [2.75, 3.05) is 12.4 Å². The predicted octanol–water partition coefficient (Wildman–Crippen LogP) is 6.31. The largest absolute Gasteiger partial charge is 0.326 e. The molecule has 1 saturated carbocycles. The number of anilines is 1. The van der Waals surface area contributed by atoms with Crippen LogP contribution in [0, 0.1) is 5.92 Å². The van der Waals surface area contributed by atoms with Gasteiger partial charge in [0.2, 0.25) is 5.91 Å². The van der Waals surface area contributed by atoms with E-state index in [0.717, 1.165) is 44.2 Å². The van der Waals surface area contributed by atoms with Crippen LogP contribution in [0.1, 0.15) is 67.2 Å². The minimum atomic E-state index is 0.162. The molecular formula is C23H26Cl2N2O. The third-order valence-corrected chi connectivity index (χ3v) is 7.01. The number of nitrogens with one attached hydrogen (secondary N) is 2. The van der Waals surface area contributed by atoms with Crippen molar-refractivity contribution in [1.29, 1.82) is 0 Å². The highest BCUT2D eigenvalue weighted by molar-refractivity contribution is 6.42. The second-order valence-corrected chi connectivity index (χ2v) is 8.77. The van der Waals surface area contributed by atoms with Gasteiger partial charge in [-0.15, -0.1) is 0 Å². The molecule has 3 nitrogen and oxygen atoms in total. The lowest BCUT2D eigenvalue weighted by molar-refractivity contribution is -0.119. The maximum atomic E-state index is 12.5. The van der Waals surface area contributed by atoms with Gasteiger partial charge in [-0.25, -0.2) is 0 Å². The molecule has 148 valence electrons. The van der Waals surface area contributed by atoms with Gasteiger partial charge < -0.3 is 10.6 Å². The van der Waals surface area contributed by atoms with E-state index in [1.54, 1.807) is 0 Å². The Hall–Kier alpha value is -1.55. The molecule has 2 aromatic rings. The van der Waals surface area contributed by atoms with Crippen LogP contribution in [0.25, 0.3) is 0 Å². The Balaban J connectivity index is 1.63. The molecule has 0 heterocycles. The molecule has 1 fully saturated rings. The van der Waals surface area contributed by atoms with Crippen molar-refractivity contribution in [2.24, 2.45) is 5.92 Å². The van der Waals surface area contributed by atoms with Crippen LogP contribution in [-0.4, -0.2) is 13.0 Å². The molecule has 2 N–H and O–H groups in total. The molecule has 1 amide bonds. The summed E-state index contributed by atoms with van der Waals surface area (Å²) >= 11 is 12.4. The van der Waals surface area contributed by atoms with Crippen LogP contribution < -0.4 is 10.6 Å². The van der Waals surface area contributed by atoms with E-state index < -0.39 is 0 Å². The van der Waals surface area contributed by atoms with Crippen molar-refractivity contribution in [2.45, 2.75) is 50.5 Å². The maximum absolute atomic E-state index is 12.5. The summed E-state index contributed by atoms with van der Waals surface area (Å²) in [6, 6.07) is 12.6. The number of fused-ring (bicyclic) bond motifs is 1. The van der Waals surface area contributed by atoms with Gasteiger partial charge >= 0.3 is 0 Å². The SMILES string of the molecule is CN[C@H]1CC[C@@H](c2ccc(Cl)c(Cl)c2)c2ccc(NC(=O)C3CCCC3)cc21. The van der Waals surface area contributed by atoms with Crippen LogP contribution in [0.2, 0.25) is 10.0 Å². The molecule has 5 heteroatoms. The highest BCUT2D eigenvalue weighted by atomic mass is 35.5. The lowest BCUT2D eigenvalue weighted by Gasteiger charge is -2.32. The number of halogens is 2. The van der Waals surface area contributed by atoms with Gasteiger partial charge in [-0.1, -0.05) is 48.2 Å². The number of carbonyl (C=O) groups is 1. The van der Waals surface area contributed by atoms with Gasteiger partial charge in [0.1, 0.15) is 0 Å². The first-order valence-electron chi connectivity index (χ1n) is 10.1. The smallest absolute Gasteiger partial charge is 0.227 e. The van der Waals surface area contributed by atoms with Gasteiger partial charge in [0.05, 0.1) is 10.0 Å². The molecule has 0 aromatic heterocycles. The van der Waals surface area contributed by atoms with E-state index in [0.29, 0.717) is 10.0 Å². The van der Waals surface area contributed by atoms with Crippen LogP contribution in [0.5, 0.6) is 0 Å². The molecule has 2 aliphatic carbocycles. The summed E-state index contributed by atoms with van der Waals surface area (Å²) in [6.07, 6.45) is 6.42. The lowest BCUT2D eigenvalue weighted by atomic mass is 9.76. The molecule has 28 heavy (non-hydrogen) atoms. The Morgan fingerprint density at radius 3 is 2.43 bits per heavy atom. The number of hydrogen-bond acceptors (Lipinski definition) is 2. The standard InChI is InChI=1S/C23H26Cl2N2O/c1-26-22-11-9-17(15-6-10-20(24)21(25)12-15)18-8-7-16(13-19(18)22)27-23(28)14-4-2-3-5-14/h6-8,10,12-14,17,22,26H,2-5,9,11H2,1H3,(H,27,28)/t17-,22-/m0/s1. The van der Waals surface area contributed by atoms with E-state index in [9.17, 15) is 4.79 Å². The fourth-order valence-electron chi connectivity index (χ4n) is 4.72. The Labute approximate surface area is 176 Å². The van der Waals surface area contributed by atoms with E-state index in [2.05, 4.69) is 28.8 Å². The van der Waals surface area contributed by atoms with Crippen LogP contribution in [0.3, 0.4) is 0 Å².